The molecule has 2 rings (SSSR count). The number of aliphatic hydroxyl groups is 2. The molecule has 0 aromatic heterocycles. The smallest absolute Gasteiger partial charge is 0.297 e. The summed E-state index contributed by atoms with van der Waals surface area (Å²) < 4.78 is 33.5. The van der Waals surface area contributed by atoms with Crippen LogP contribution in [0.15, 0.2) is 29.2 Å². The lowest BCUT2D eigenvalue weighted by atomic mass is 10.2. The molecular weight excluding hydrogens is 272 g/mol. The zero-order valence-electron chi connectivity index (χ0n) is 10.4. The first kappa shape index (κ1) is 14.4. The van der Waals surface area contributed by atoms with Crippen LogP contribution in [0.25, 0.3) is 0 Å². The molecule has 0 aliphatic carbocycles. The molecule has 0 radical (unpaired) electrons. The minimum Gasteiger partial charge on any atom is -0.390 e. The zero-order valence-corrected chi connectivity index (χ0v) is 11.2. The van der Waals surface area contributed by atoms with Crippen LogP contribution in [-0.4, -0.2) is 43.7 Å². The van der Waals surface area contributed by atoms with Crippen LogP contribution in [0.3, 0.4) is 0 Å². The number of benzene rings is 1. The van der Waals surface area contributed by atoms with Gasteiger partial charge < -0.3 is 14.9 Å². The van der Waals surface area contributed by atoms with Crippen LogP contribution < -0.4 is 0 Å². The Labute approximate surface area is 111 Å². The van der Waals surface area contributed by atoms with Crippen molar-refractivity contribution in [1.82, 2.24) is 0 Å². The van der Waals surface area contributed by atoms with Crippen LogP contribution in [0.2, 0.25) is 0 Å². The molecule has 0 spiro atoms. The number of hydrogen-bond acceptors (Lipinski definition) is 6. The van der Waals surface area contributed by atoms with E-state index in [4.69, 9.17) is 14.0 Å². The van der Waals surface area contributed by atoms with Gasteiger partial charge in [-0.1, -0.05) is 17.7 Å². The highest BCUT2D eigenvalue weighted by Crippen LogP contribution is 2.21. The minimum atomic E-state index is -3.88. The molecule has 3 unspecified atom stereocenters. The largest absolute Gasteiger partial charge is 0.390 e. The molecule has 1 fully saturated rings. The highest BCUT2D eigenvalue weighted by Gasteiger charge is 2.34. The lowest BCUT2D eigenvalue weighted by Crippen LogP contribution is -2.28. The highest BCUT2D eigenvalue weighted by molar-refractivity contribution is 7.86. The number of rotatable bonds is 4. The Morgan fingerprint density at radius 3 is 2.47 bits per heavy atom. The van der Waals surface area contributed by atoms with Crippen molar-refractivity contribution in [3.8, 4) is 0 Å². The van der Waals surface area contributed by atoms with Crippen LogP contribution in [0.5, 0.6) is 0 Å². The number of aryl methyl sites for hydroxylation is 1. The van der Waals surface area contributed by atoms with Crippen molar-refractivity contribution < 1.29 is 27.6 Å². The summed E-state index contributed by atoms with van der Waals surface area (Å²) in [6.07, 6.45) is -2.79. The Kier molecular flexibility index (Phi) is 4.22. The summed E-state index contributed by atoms with van der Waals surface area (Å²) in [5.41, 5.74) is 0.941. The average molecular weight is 288 g/mol. The van der Waals surface area contributed by atoms with Crippen molar-refractivity contribution in [2.24, 2.45) is 0 Å². The summed E-state index contributed by atoms with van der Waals surface area (Å²) in [5, 5.41) is 18.7. The topological polar surface area (TPSA) is 93.1 Å². The van der Waals surface area contributed by atoms with E-state index in [1.54, 1.807) is 12.1 Å². The fourth-order valence-corrected chi connectivity index (χ4v) is 2.71. The standard InChI is InChI=1S/C12H16O6S/c1-8-2-4-9(5-3-8)19(15,16)17-7-11-10(13)6-12(14)18-11/h2-5,10-14H,6-7H2,1H3. The monoisotopic (exact) mass is 288 g/mol. The Bertz CT molecular complexity index is 524. The summed E-state index contributed by atoms with van der Waals surface area (Å²) in [6, 6.07) is 6.23. The van der Waals surface area contributed by atoms with Crippen LogP contribution in [0.1, 0.15) is 12.0 Å². The number of ether oxygens (including phenoxy) is 1. The maximum atomic E-state index is 11.9. The van der Waals surface area contributed by atoms with E-state index in [1.807, 2.05) is 6.92 Å². The molecule has 1 heterocycles. The Morgan fingerprint density at radius 2 is 1.95 bits per heavy atom. The maximum Gasteiger partial charge on any atom is 0.297 e. The molecule has 19 heavy (non-hydrogen) atoms. The van der Waals surface area contributed by atoms with Crippen LogP contribution >= 0.6 is 0 Å². The fourth-order valence-electron chi connectivity index (χ4n) is 1.79. The van der Waals surface area contributed by atoms with Gasteiger partial charge in [-0.25, -0.2) is 0 Å². The molecule has 1 aliphatic rings. The van der Waals surface area contributed by atoms with Gasteiger partial charge in [0.25, 0.3) is 10.1 Å². The van der Waals surface area contributed by atoms with Crippen molar-refractivity contribution in [3.63, 3.8) is 0 Å². The second-order valence-electron chi connectivity index (χ2n) is 4.48. The van der Waals surface area contributed by atoms with Gasteiger partial charge in [-0.3, -0.25) is 4.18 Å². The van der Waals surface area contributed by atoms with Crippen molar-refractivity contribution >= 4 is 10.1 Å². The van der Waals surface area contributed by atoms with Gasteiger partial charge >= 0.3 is 0 Å². The Balaban J connectivity index is 2.00. The normalized spacial score (nSPS) is 27.6. The average Bonchev–Trinajstić information content (AvgIpc) is 2.66. The van der Waals surface area contributed by atoms with Crippen LogP contribution in [-0.2, 0) is 19.0 Å². The van der Waals surface area contributed by atoms with Gasteiger partial charge in [0, 0.05) is 6.42 Å². The third-order valence-electron chi connectivity index (χ3n) is 2.90. The van der Waals surface area contributed by atoms with Gasteiger partial charge in [0.1, 0.15) is 6.10 Å². The van der Waals surface area contributed by atoms with Gasteiger partial charge in [0.15, 0.2) is 6.29 Å². The maximum absolute atomic E-state index is 11.9. The molecule has 1 saturated heterocycles. The van der Waals surface area contributed by atoms with E-state index >= 15 is 0 Å². The zero-order chi connectivity index (χ0) is 14.0. The van der Waals surface area contributed by atoms with E-state index in [9.17, 15) is 13.5 Å². The van der Waals surface area contributed by atoms with Gasteiger partial charge in [0.2, 0.25) is 0 Å². The molecule has 1 aromatic carbocycles. The molecule has 0 saturated carbocycles. The van der Waals surface area contributed by atoms with Crippen molar-refractivity contribution in [2.45, 2.75) is 36.7 Å². The summed E-state index contributed by atoms with van der Waals surface area (Å²) in [7, 11) is -3.88. The third kappa shape index (κ3) is 3.52. The SMILES string of the molecule is Cc1ccc(S(=O)(=O)OCC2OC(O)CC2O)cc1. The summed E-state index contributed by atoms with van der Waals surface area (Å²) >= 11 is 0. The molecule has 106 valence electrons. The number of aliphatic hydroxyl groups excluding tert-OH is 2. The molecule has 7 heteroatoms. The predicted octanol–water partition coefficient (Wildman–Crippen LogP) is 0.169. The van der Waals surface area contributed by atoms with E-state index < -0.39 is 28.6 Å². The Morgan fingerprint density at radius 1 is 1.32 bits per heavy atom. The predicted molar refractivity (Wildman–Crippen MR) is 65.8 cm³/mol. The van der Waals surface area contributed by atoms with Gasteiger partial charge in [-0.05, 0) is 19.1 Å². The lowest BCUT2D eigenvalue weighted by molar-refractivity contribution is -0.104. The molecule has 0 amide bonds. The van der Waals surface area contributed by atoms with Crippen molar-refractivity contribution in [2.75, 3.05) is 6.61 Å². The first-order valence-electron chi connectivity index (χ1n) is 5.86. The van der Waals surface area contributed by atoms with Gasteiger partial charge in [0.05, 0.1) is 17.6 Å². The molecule has 2 N–H and O–H groups in total. The molecular formula is C12H16O6S. The third-order valence-corrected chi connectivity index (χ3v) is 4.20. The number of hydrogen-bond donors (Lipinski definition) is 2. The summed E-state index contributed by atoms with van der Waals surface area (Å²) in [5.74, 6) is 0. The van der Waals surface area contributed by atoms with Crippen LogP contribution in [0.4, 0.5) is 0 Å². The van der Waals surface area contributed by atoms with E-state index in [-0.39, 0.29) is 17.9 Å². The quantitative estimate of drug-likeness (QED) is 0.767. The van der Waals surface area contributed by atoms with E-state index in [1.165, 1.54) is 12.1 Å². The van der Waals surface area contributed by atoms with Gasteiger partial charge in [-0.15, -0.1) is 0 Å². The molecule has 1 aliphatic heterocycles. The van der Waals surface area contributed by atoms with E-state index in [2.05, 4.69) is 0 Å². The second kappa shape index (κ2) is 5.56. The first-order valence-corrected chi connectivity index (χ1v) is 7.27. The van der Waals surface area contributed by atoms with Crippen LogP contribution in [0, 0.1) is 6.92 Å². The highest BCUT2D eigenvalue weighted by atomic mass is 32.2. The van der Waals surface area contributed by atoms with E-state index in [0.717, 1.165) is 5.56 Å². The minimum absolute atomic E-state index is 0.0473. The lowest BCUT2D eigenvalue weighted by Gasteiger charge is -2.13. The Hall–Kier alpha value is -0.990. The molecule has 0 bridgehead atoms. The molecule has 6 nitrogen and oxygen atoms in total. The van der Waals surface area contributed by atoms with Crippen molar-refractivity contribution in [3.05, 3.63) is 29.8 Å². The summed E-state index contributed by atoms with van der Waals surface area (Å²) in [4.78, 5) is 0.0473. The summed E-state index contributed by atoms with van der Waals surface area (Å²) in [6.45, 7) is 1.52. The van der Waals surface area contributed by atoms with Gasteiger partial charge in [-0.2, -0.15) is 8.42 Å². The van der Waals surface area contributed by atoms with Crippen molar-refractivity contribution in [1.29, 1.82) is 0 Å². The fraction of sp³-hybridized carbons (Fsp3) is 0.500. The first-order chi connectivity index (χ1) is 8.88. The van der Waals surface area contributed by atoms with E-state index in [0.29, 0.717) is 0 Å². The molecule has 1 aromatic rings. The second-order valence-corrected chi connectivity index (χ2v) is 6.10. The molecule has 3 atom stereocenters.